The van der Waals surface area contributed by atoms with Crippen molar-refractivity contribution in [1.82, 2.24) is 26.6 Å². The van der Waals surface area contributed by atoms with Gasteiger partial charge in [0.25, 0.3) is 0 Å². The van der Waals surface area contributed by atoms with E-state index in [4.69, 9.17) is 22.3 Å². The first-order chi connectivity index (χ1) is 19.2. The maximum Gasteiger partial charge on any atom is 0.244 e. The zero-order chi connectivity index (χ0) is 31.7. The van der Waals surface area contributed by atoms with Crippen molar-refractivity contribution >= 4 is 60.3 Å². The van der Waals surface area contributed by atoms with E-state index in [2.05, 4.69) is 39.2 Å². The molecule has 232 valence electrons. The van der Waals surface area contributed by atoms with Gasteiger partial charge in [0.15, 0.2) is 0 Å². The maximum absolute atomic E-state index is 12.8. The van der Waals surface area contributed by atoms with Gasteiger partial charge in [0.2, 0.25) is 41.4 Å². The Morgan fingerprint density at radius 1 is 0.805 bits per heavy atom. The van der Waals surface area contributed by atoms with Crippen LogP contribution < -0.4 is 43.8 Å². The third-order valence-electron chi connectivity index (χ3n) is 5.39. The van der Waals surface area contributed by atoms with E-state index in [1.54, 1.807) is 0 Å². The number of amides is 7. The van der Waals surface area contributed by atoms with Gasteiger partial charge in [0.05, 0.1) is 19.3 Å². The SMILES string of the molecule is C[C@@H](O)[C@@H](C=O)NC(=O)[C@H](CS)NC(=O)[C@H](CCC(N)=O)NC(=O)CNC(=O)[C@H](CCC(N)=O)NC(=O)[C@@H](N)CO. The average molecular weight is 607 g/mol. The topological polar surface area (TPSA) is 315 Å². The molecule has 0 aromatic rings. The Morgan fingerprint density at radius 2 is 1.29 bits per heavy atom. The highest BCUT2D eigenvalue weighted by Crippen LogP contribution is 2.02. The van der Waals surface area contributed by atoms with Crippen LogP contribution in [0.25, 0.3) is 0 Å². The van der Waals surface area contributed by atoms with Gasteiger partial charge in [-0.05, 0) is 19.8 Å². The van der Waals surface area contributed by atoms with Crippen molar-refractivity contribution in [3.63, 3.8) is 0 Å². The number of aliphatic hydroxyl groups is 2. The molecule has 0 fully saturated rings. The Labute approximate surface area is 240 Å². The number of aldehydes is 1. The fraction of sp³-hybridized carbons (Fsp3) is 0.636. The van der Waals surface area contributed by atoms with Crippen LogP contribution in [0.1, 0.15) is 32.6 Å². The van der Waals surface area contributed by atoms with Crippen LogP contribution in [0.4, 0.5) is 0 Å². The third kappa shape index (κ3) is 15.0. The van der Waals surface area contributed by atoms with E-state index in [1.165, 1.54) is 6.92 Å². The first kappa shape index (κ1) is 37.2. The molecule has 0 unspecified atom stereocenters. The Kier molecular flexibility index (Phi) is 17.5. The maximum atomic E-state index is 12.8. The summed E-state index contributed by atoms with van der Waals surface area (Å²) < 4.78 is 0. The summed E-state index contributed by atoms with van der Waals surface area (Å²) in [5.41, 5.74) is 15.6. The number of primary amides is 2. The third-order valence-corrected chi connectivity index (χ3v) is 5.76. The van der Waals surface area contributed by atoms with E-state index in [1.807, 2.05) is 0 Å². The molecule has 0 heterocycles. The molecule has 0 aliphatic carbocycles. The van der Waals surface area contributed by atoms with Crippen LogP contribution in [-0.4, -0.2) is 113 Å². The number of nitrogens with one attached hydrogen (secondary N) is 5. The lowest BCUT2D eigenvalue weighted by Gasteiger charge is -2.24. The molecule has 41 heavy (non-hydrogen) atoms. The smallest absolute Gasteiger partial charge is 0.244 e. The van der Waals surface area contributed by atoms with Gasteiger partial charge in [-0.3, -0.25) is 33.6 Å². The molecule has 13 N–H and O–H groups in total. The monoisotopic (exact) mass is 606 g/mol. The molecule has 0 rings (SSSR count). The molecular formula is C22H38N8O10S. The molecule has 0 bridgehead atoms. The molecule has 0 saturated heterocycles. The number of carbonyl (C=O) groups is 8. The van der Waals surface area contributed by atoms with Gasteiger partial charge < -0.3 is 58.8 Å². The van der Waals surface area contributed by atoms with E-state index < -0.39 is 90.8 Å². The van der Waals surface area contributed by atoms with E-state index in [-0.39, 0.29) is 31.4 Å². The highest BCUT2D eigenvalue weighted by molar-refractivity contribution is 7.80. The summed E-state index contributed by atoms with van der Waals surface area (Å²) in [5, 5.41) is 29.8. The number of carbonyl (C=O) groups excluding carboxylic acids is 8. The molecule has 0 spiro atoms. The minimum absolute atomic E-state index is 0.242. The zero-order valence-corrected chi connectivity index (χ0v) is 23.2. The summed E-state index contributed by atoms with van der Waals surface area (Å²) >= 11 is 3.99. The lowest BCUT2D eigenvalue weighted by Crippen LogP contribution is -2.58. The lowest BCUT2D eigenvalue weighted by molar-refractivity contribution is -0.133. The molecule has 0 aromatic heterocycles. The number of nitrogens with two attached hydrogens (primary N) is 3. The summed E-state index contributed by atoms with van der Waals surface area (Å²) in [5.74, 6) is -6.33. The second-order valence-corrected chi connectivity index (χ2v) is 9.22. The van der Waals surface area contributed by atoms with Gasteiger partial charge in [-0.15, -0.1) is 0 Å². The van der Waals surface area contributed by atoms with Gasteiger partial charge in [-0.2, -0.15) is 12.6 Å². The van der Waals surface area contributed by atoms with Gasteiger partial charge in [0, 0.05) is 18.6 Å². The second kappa shape index (κ2) is 19.3. The van der Waals surface area contributed by atoms with Crippen molar-refractivity contribution in [3.05, 3.63) is 0 Å². The van der Waals surface area contributed by atoms with E-state index in [0.717, 1.165) is 0 Å². The fourth-order valence-corrected chi connectivity index (χ4v) is 3.27. The van der Waals surface area contributed by atoms with Crippen molar-refractivity contribution in [2.45, 2.75) is 68.9 Å². The summed E-state index contributed by atoms with van der Waals surface area (Å²) in [4.78, 5) is 95.8. The van der Waals surface area contributed by atoms with Crippen LogP contribution in [0.3, 0.4) is 0 Å². The molecular weight excluding hydrogens is 568 g/mol. The number of rotatable bonds is 20. The number of aliphatic hydroxyl groups excluding tert-OH is 2. The number of hydrogen-bond donors (Lipinski definition) is 11. The molecule has 0 aliphatic rings. The second-order valence-electron chi connectivity index (χ2n) is 8.85. The Bertz CT molecular complexity index is 967. The van der Waals surface area contributed by atoms with Crippen LogP contribution in [-0.2, 0) is 38.4 Å². The van der Waals surface area contributed by atoms with Crippen molar-refractivity contribution in [2.75, 3.05) is 18.9 Å². The molecule has 0 radical (unpaired) electrons. The van der Waals surface area contributed by atoms with Gasteiger partial charge in [-0.1, -0.05) is 0 Å². The van der Waals surface area contributed by atoms with Crippen LogP contribution in [0, 0.1) is 0 Å². The Balaban J connectivity index is 5.41. The lowest BCUT2D eigenvalue weighted by atomic mass is 10.1. The highest BCUT2D eigenvalue weighted by Gasteiger charge is 2.29. The molecule has 6 atom stereocenters. The standard InChI is InChI=1S/C22H38N8O10S/c1-10(33)14(8-32)29-22(40)15(9-41)30-21(39)13(3-5-17(25)35)27-18(36)6-26-20(38)12(2-4-16(24)34)28-19(37)11(23)7-31/h8,10-15,31,33,41H,2-7,9,23H2,1H3,(H2,24,34)(H2,25,35)(H,26,38)(H,27,36)(H,28,37)(H,29,40)(H,30,39)/t10-,11+,12+,13+,14-,15+/m1/s1. The van der Waals surface area contributed by atoms with E-state index >= 15 is 0 Å². The van der Waals surface area contributed by atoms with E-state index in [9.17, 15) is 43.5 Å². The van der Waals surface area contributed by atoms with Crippen molar-refractivity contribution in [2.24, 2.45) is 17.2 Å². The minimum atomic E-state index is -1.41. The van der Waals surface area contributed by atoms with Gasteiger partial charge >= 0.3 is 0 Å². The predicted molar refractivity (Wildman–Crippen MR) is 144 cm³/mol. The van der Waals surface area contributed by atoms with Crippen molar-refractivity contribution in [1.29, 1.82) is 0 Å². The quantitative estimate of drug-likeness (QED) is 0.0457. The summed E-state index contributed by atoms with van der Waals surface area (Å²) in [6.45, 7) is -0.180. The van der Waals surface area contributed by atoms with E-state index in [0.29, 0.717) is 6.29 Å². The molecule has 0 saturated carbocycles. The van der Waals surface area contributed by atoms with Crippen molar-refractivity contribution in [3.8, 4) is 0 Å². The van der Waals surface area contributed by atoms with Crippen molar-refractivity contribution < 1.29 is 48.6 Å². The normalized spacial score (nSPS) is 15.0. The zero-order valence-electron chi connectivity index (χ0n) is 22.3. The molecule has 19 heteroatoms. The predicted octanol–water partition coefficient (Wildman–Crippen LogP) is -6.60. The molecule has 0 aromatic carbocycles. The fourth-order valence-electron chi connectivity index (χ4n) is 3.01. The largest absolute Gasteiger partial charge is 0.394 e. The molecule has 0 aliphatic heterocycles. The summed E-state index contributed by atoms with van der Waals surface area (Å²) in [7, 11) is 0. The van der Waals surface area contributed by atoms with Crippen LogP contribution >= 0.6 is 12.6 Å². The first-order valence-electron chi connectivity index (χ1n) is 12.3. The highest BCUT2D eigenvalue weighted by atomic mass is 32.1. The minimum Gasteiger partial charge on any atom is -0.394 e. The van der Waals surface area contributed by atoms with Crippen LogP contribution in [0.5, 0.6) is 0 Å². The Hall–Kier alpha value is -3.81. The molecule has 18 nitrogen and oxygen atoms in total. The van der Waals surface area contributed by atoms with Crippen LogP contribution in [0.2, 0.25) is 0 Å². The first-order valence-corrected chi connectivity index (χ1v) is 12.9. The number of thiol groups is 1. The number of hydrogen-bond acceptors (Lipinski definition) is 12. The summed E-state index contributed by atoms with van der Waals surface area (Å²) in [6.07, 6.45) is -2.11. The molecule has 7 amide bonds. The average Bonchev–Trinajstić information content (AvgIpc) is 2.91. The van der Waals surface area contributed by atoms with Gasteiger partial charge in [0.1, 0.15) is 36.5 Å². The Morgan fingerprint density at radius 3 is 1.73 bits per heavy atom. The van der Waals surface area contributed by atoms with Gasteiger partial charge in [-0.25, -0.2) is 0 Å². The summed E-state index contributed by atoms with van der Waals surface area (Å²) in [6, 6.07) is -6.67. The van der Waals surface area contributed by atoms with Crippen LogP contribution in [0.15, 0.2) is 0 Å².